The third-order valence-electron chi connectivity index (χ3n) is 3.15. The number of hydrogen-bond acceptors (Lipinski definition) is 3. The molecule has 1 heterocycles. The molecule has 0 bridgehead atoms. The molecule has 1 rings (SSSR count). The van der Waals surface area contributed by atoms with Crippen LogP contribution in [0.1, 0.15) is 47.0 Å². The average Bonchev–Trinajstić information content (AvgIpc) is 2.26. The number of ether oxygens (including phenoxy) is 1. The number of hydrogen-bond donors (Lipinski definition) is 2. The zero-order valence-corrected chi connectivity index (χ0v) is 12.2. The first-order valence-corrected chi connectivity index (χ1v) is 6.76. The van der Waals surface area contributed by atoms with E-state index in [4.69, 9.17) is 10.5 Å². The summed E-state index contributed by atoms with van der Waals surface area (Å²) in [7, 11) is 0. The highest BCUT2D eigenvalue weighted by atomic mass is 16.6. The Kier molecular flexibility index (Phi) is 5.03. The van der Waals surface area contributed by atoms with Gasteiger partial charge in [0.2, 0.25) is 0 Å². The van der Waals surface area contributed by atoms with Gasteiger partial charge in [-0.3, -0.25) is 0 Å². The average molecular weight is 271 g/mol. The predicted octanol–water partition coefficient (Wildman–Crippen LogP) is 1.83. The Morgan fingerprint density at radius 1 is 1.37 bits per heavy atom. The maximum absolute atomic E-state index is 11.7. The summed E-state index contributed by atoms with van der Waals surface area (Å²) in [6.07, 6.45) is 2.38. The molecule has 2 atom stereocenters. The van der Waals surface area contributed by atoms with Crippen LogP contribution in [0.25, 0.3) is 0 Å². The molecule has 0 spiro atoms. The number of nitrogens with two attached hydrogens (primary N) is 1. The molecule has 1 saturated heterocycles. The van der Waals surface area contributed by atoms with Crippen LogP contribution in [0, 0.1) is 0 Å². The Bertz CT molecular complexity index is 339. The van der Waals surface area contributed by atoms with E-state index in [1.807, 2.05) is 27.7 Å². The van der Waals surface area contributed by atoms with Crippen LogP contribution in [-0.4, -0.2) is 41.3 Å². The fourth-order valence-corrected chi connectivity index (χ4v) is 2.34. The number of primary amides is 1. The Balaban J connectivity index is 2.58. The lowest BCUT2D eigenvalue weighted by Gasteiger charge is -2.38. The molecule has 110 valence electrons. The van der Waals surface area contributed by atoms with Crippen molar-refractivity contribution in [3.63, 3.8) is 0 Å². The van der Waals surface area contributed by atoms with E-state index in [1.165, 1.54) is 0 Å². The van der Waals surface area contributed by atoms with E-state index in [9.17, 15) is 9.59 Å². The number of likely N-dealkylation sites (tertiary alicyclic amines) is 1. The summed E-state index contributed by atoms with van der Waals surface area (Å²) in [5.74, 6) is 0. The van der Waals surface area contributed by atoms with Gasteiger partial charge in [-0.15, -0.1) is 0 Å². The van der Waals surface area contributed by atoms with Gasteiger partial charge in [0, 0.05) is 12.6 Å². The van der Waals surface area contributed by atoms with Gasteiger partial charge in [-0.1, -0.05) is 0 Å². The first-order valence-electron chi connectivity index (χ1n) is 6.76. The first kappa shape index (κ1) is 15.6. The van der Waals surface area contributed by atoms with E-state index in [1.54, 1.807) is 4.90 Å². The molecule has 19 heavy (non-hydrogen) atoms. The van der Waals surface area contributed by atoms with E-state index in [0.29, 0.717) is 6.54 Å². The number of alkyl carbamates (subject to hydrolysis) is 1. The van der Waals surface area contributed by atoms with Crippen molar-refractivity contribution in [2.45, 2.75) is 64.6 Å². The van der Waals surface area contributed by atoms with Crippen molar-refractivity contribution in [2.75, 3.05) is 6.54 Å². The number of carbonyl (C=O) groups is 2. The van der Waals surface area contributed by atoms with Gasteiger partial charge in [-0.25, -0.2) is 9.59 Å². The minimum Gasteiger partial charge on any atom is -0.444 e. The molecule has 1 fully saturated rings. The van der Waals surface area contributed by atoms with E-state index in [0.717, 1.165) is 19.3 Å². The summed E-state index contributed by atoms with van der Waals surface area (Å²) in [5.41, 5.74) is 4.84. The van der Waals surface area contributed by atoms with E-state index in [-0.39, 0.29) is 12.1 Å². The lowest BCUT2D eigenvalue weighted by Crippen LogP contribution is -2.56. The van der Waals surface area contributed by atoms with Crippen molar-refractivity contribution < 1.29 is 14.3 Å². The van der Waals surface area contributed by atoms with E-state index < -0.39 is 17.7 Å². The Morgan fingerprint density at radius 2 is 2.00 bits per heavy atom. The van der Waals surface area contributed by atoms with Crippen molar-refractivity contribution in [3.05, 3.63) is 0 Å². The highest BCUT2D eigenvalue weighted by molar-refractivity contribution is 5.73. The molecular weight excluding hydrogens is 246 g/mol. The molecule has 1 aliphatic heterocycles. The van der Waals surface area contributed by atoms with Crippen molar-refractivity contribution in [2.24, 2.45) is 5.73 Å². The van der Waals surface area contributed by atoms with Crippen LogP contribution in [-0.2, 0) is 4.74 Å². The molecular formula is C13H25N3O3. The summed E-state index contributed by atoms with van der Waals surface area (Å²) >= 11 is 0. The largest absolute Gasteiger partial charge is 0.444 e. The van der Waals surface area contributed by atoms with Crippen molar-refractivity contribution in [1.29, 1.82) is 0 Å². The zero-order valence-electron chi connectivity index (χ0n) is 12.2. The van der Waals surface area contributed by atoms with Crippen LogP contribution in [0.5, 0.6) is 0 Å². The van der Waals surface area contributed by atoms with Crippen LogP contribution >= 0.6 is 0 Å². The summed E-state index contributed by atoms with van der Waals surface area (Å²) in [5, 5.41) is 2.78. The highest BCUT2D eigenvalue weighted by Crippen LogP contribution is 2.19. The SMILES string of the molecule is CC(NC(=O)OC(C)(C)C)C1CCCCN1C(N)=O. The van der Waals surface area contributed by atoms with Crippen molar-refractivity contribution in [3.8, 4) is 0 Å². The number of piperidine rings is 1. The molecule has 0 aromatic rings. The lowest BCUT2D eigenvalue weighted by atomic mass is 9.97. The van der Waals surface area contributed by atoms with Gasteiger partial charge in [0.25, 0.3) is 0 Å². The summed E-state index contributed by atoms with van der Waals surface area (Å²) < 4.78 is 5.21. The van der Waals surface area contributed by atoms with Gasteiger partial charge in [0.15, 0.2) is 0 Å². The van der Waals surface area contributed by atoms with Gasteiger partial charge in [-0.2, -0.15) is 0 Å². The monoisotopic (exact) mass is 271 g/mol. The standard InChI is InChI=1S/C13H25N3O3/c1-9(15-12(18)19-13(2,3)4)10-7-5-6-8-16(10)11(14)17/h9-10H,5-8H2,1-4H3,(H2,14,17)(H,15,18). The molecule has 0 aliphatic carbocycles. The lowest BCUT2D eigenvalue weighted by molar-refractivity contribution is 0.0464. The molecule has 3 amide bonds. The summed E-state index contributed by atoms with van der Waals surface area (Å²) in [6.45, 7) is 7.96. The Morgan fingerprint density at radius 3 is 2.53 bits per heavy atom. The normalized spacial score (nSPS) is 21.7. The number of nitrogens with one attached hydrogen (secondary N) is 1. The number of carbonyl (C=O) groups excluding carboxylic acids is 2. The maximum atomic E-state index is 11.7. The molecule has 6 nitrogen and oxygen atoms in total. The molecule has 0 aromatic carbocycles. The van der Waals surface area contributed by atoms with Crippen LogP contribution in [0.2, 0.25) is 0 Å². The molecule has 0 aromatic heterocycles. The van der Waals surface area contributed by atoms with Crippen LogP contribution in [0.3, 0.4) is 0 Å². The molecule has 3 N–H and O–H groups in total. The fraction of sp³-hybridized carbons (Fsp3) is 0.846. The molecule has 0 saturated carbocycles. The summed E-state index contributed by atoms with van der Waals surface area (Å²) in [4.78, 5) is 24.7. The number of urea groups is 1. The van der Waals surface area contributed by atoms with Gasteiger partial charge in [0.05, 0.1) is 6.04 Å². The quantitative estimate of drug-likeness (QED) is 0.803. The minimum absolute atomic E-state index is 0.0567. The second kappa shape index (κ2) is 6.12. The van der Waals surface area contributed by atoms with E-state index in [2.05, 4.69) is 5.32 Å². The van der Waals surface area contributed by atoms with Crippen molar-refractivity contribution >= 4 is 12.1 Å². The second-order valence-corrected chi connectivity index (χ2v) is 6.03. The second-order valence-electron chi connectivity index (χ2n) is 6.03. The van der Waals surface area contributed by atoms with Gasteiger partial charge in [-0.05, 0) is 47.0 Å². The van der Waals surface area contributed by atoms with Gasteiger partial charge >= 0.3 is 12.1 Å². The number of rotatable bonds is 2. The maximum Gasteiger partial charge on any atom is 0.407 e. The topological polar surface area (TPSA) is 84.7 Å². The Hall–Kier alpha value is -1.46. The fourth-order valence-electron chi connectivity index (χ4n) is 2.34. The minimum atomic E-state index is -0.528. The highest BCUT2D eigenvalue weighted by Gasteiger charge is 2.31. The first-order chi connectivity index (χ1) is 8.70. The van der Waals surface area contributed by atoms with Gasteiger partial charge in [0.1, 0.15) is 5.60 Å². The molecule has 1 aliphatic rings. The van der Waals surface area contributed by atoms with Gasteiger partial charge < -0.3 is 20.7 Å². The molecule has 2 unspecified atom stereocenters. The number of nitrogens with zero attached hydrogens (tertiary/aromatic N) is 1. The van der Waals surface area contributed by atoms with E-state index >= 15 is 0 Å². The smallest absolute Gasteiger partial charge is 0.407 e. The summed E-state index contributed by atoms with van der Waals surface area (Å²) in [6, 6.07) is -0.663. The third-order valence-corrected chi connectivity index (χ3v) is 3.15. The predicted molar refractivity (Wildman–Crippen MR) is 72.8 cm³/mol. The van der Waals surface area contributed by atoms with Crippen LogP contribution in [0.4, 0.5) is 9.59 Å². The molecule has 0 radical (unpaired) electrons. The molecule has 6 heteroatoms. The van der Waals surface area contributed by atoms with Crippen molar-refractivity contribution in [1.82, 2.24) is 10.2 Å². The third kappa shape index (κ3) is 4.96. The Labute approximate surface area is 114 Å². The van der Waals surface area contributed by atoms with Crippen LogP contribution < -0.4 is 11.1 Å². The van der Waals surface area contributed by atoms with Crippen LogP contribution in [0.15, 0.2) is 0 Å². The zero-order chi connectivity index (χ0) is 14.6. The number of amides is 3.